The summed E-state index contributed by atoms with van der Waals surface area (Å²) in [5.41, 5.74) is 3.06. The summed E-state index contributed by atoms with van der Waals surface area (Å²) in [7, 11) is 0. The number of aromatic hydroxyl groups is 2. The van der Waals surface area contributed by atoms with E-state index in [0.29, 0.717) is 18.7 Å². The molecule has 5 heteroatoms. The molecule has 2 aromatic rings. The molecule has 0 saturated carbocycles. The summed E-state index contributed by atoms with van der Waals surface area (Å²) in [4.78, 5) is 16.5. The number of hydrogen-bond donors (Lipinski definition) is 2. The largest absolute Gasteiger partial charge is 0.508 e. The van der Waals surface area contributed by atoms with E-state index >= 15 is 0 Å². The van der Waals surface area contributed by atoms with Crippen molar-refractivity contribution in [1.29, 1.82) is 0 Å². The standard InChI is InChI=1S/C21H24N2O3/c1-16-2-4-17(5-3-16)15-22-10-12-23(13-11-22)21(26)9-7-18-6-8-19(24)14-20(18)25/h2-9,14,24-25H,10-13,15H2,1H3/b9-7+. The van der Waals surface area contributed by atoms with E-state index in [1.54, 1.807) is 12.1 Å². The second kappa shape index (κ2) is 8.06. The Morgan fingerprint density at radius 1 is 1.04 bits per heavy atom. The molecular weight excluding hydrogens is 328 g/mol. The van der Waals surface area contributed by atoms with Crippen molar-refractivity contribution in [3.8, 4) is 11.5 Å². The summed E-state index contributed by atoms with van der Waals surface area (Å²) in [6, 6.07) is 12.9. The molecule has 1 amide bonds. The third-order valence-corrected chi connectivity index (χ3v) is 4.63. The fourth-order valence-corrected chi connectivity index (χ4v) is 3.02. The van der Waals surface area contributed by atoms with Crippen LogP contribution in [-0.4, -0.2) is 52.1 Å². The van der Waals surface area contributed by atoms with Crippen LogP contribution < -0.4 is 0 Å². The first-order valence-corrected chi connectivity index (χ1v) is 8.78. The van der Waals surface area contributed by atoms with Crippen molar-refractivity contribution in [1.82, 2.24) is 9.80 Å². The number of rotatable bonds is 4. The second-order valence-corrected chi connectivity index (χ2v) is 6.66. The monoisotopic (exact) mass is 352 g/mol. The molecule has 1 aliphatic heterocycles. The van der Waals surface area contributed by atoms with E-state index in [0.717, 1.165) is 19.6 Å². The number of benzene rings is 2. The summed E-state index contributed by atoms with van der Waals surface area (Å²) in [6.07, 6.45) is 3.05. The van der Waals surface area contributed by atoms with Crippen molar-refractivity contribution in [3.63, 3.8) is 0 Å². The normalized spacial score (nSPS) is 15.5. The molecule has 0 unspecified atom stereocenters. The predicted molar refractivity (Wildman–Crippen MR) is 102 cm³/mol. The Labute approximate surface area is 153 Å². The molecule has 0 spiro atoms. The van der Waals surface area contributed by atoms with Crippen molar-refractivity contribution in [2.24, 2.45) is 0 Å². The van der Waals surface area contributed by atoms with Crippen LogP contribution in [0.25, 0.3) is 6.08 Å². The highest BCUT2D eigenvalue weighted by Gasteiger charge is 2.19. The Balaban J connectivity index is 1.51. The molecule has 2 aromatic carbocycles. The van der Waals surface area contributed by atoms with Gasteiger partial charge in [0.05, 0.1) is 0 Å². The number of piperazine rings is 1. The Kier molecular flexibility index (Phi) is 5.58. The number of hydrogen-bond acceptors (Lipinski definition) is 4. The number of carbonyl (C=O) groups is 1. The highest BCUT2D eigenvalue weighted by Crippen LogP contribution is 2.23. The molecule has 0 bridgehead atoms. The van der Waals surface area contributed by atoms with Crippen LogP contribution in [0.15, 0.2) is 48.5 Å². The van der Waals surface area contributed by atoms with E-state index in [1.807, 2.05) is 4.90 Å². The van der Waals surface area contributed by atoms with Crippen molar-refractivity contribution < 1.29 is 15.0 Å². The van der Waals surface area contributed by atoms with Gasteiger partial charge in [0.2, 0.25) is 5.91 Å². The van der Waals surface area contributed by atoms with Gasteiger partial charge in [0.1, 0.15) is 11.5 Å². The lowest BCUT2D eigenvalue weighted by molar-refractivity contribution is -0.127. The molecule has 1 fully saturated rings. The average molecular weight is 352 g/mol. The highest BCUT2D eigenvalue weighted by molar-refractivity contribution is 5.92. The minimum Gasteiger partial charge on any atom is -0.508 e. The molecule has 1 saturated heterocycles. The van der Waals surface area contributed by atoms with Crippen molar-refractivity contribution >= 4 is 12.0 Å². The molecule has 2 N–H and O–H groups in total. The number of phenols is 2. The molecule has 0 atom stereocenters. The van der Waals surface area contributed by atoms with Gasteiger partial charge in [-0.3, -0.25) is 9.69 Å². The van der Waals surface area contributed by atoms with Gasteiger partial charge in [0.15, 0.2) is 0 Å². The second-order valence-electron chi connectivity index (χ2n) is 6.66. The van der Waals surface area contributed by atoms with Gasteiger partial charge < -0.3 is 15.1 Å². The Bertz CT molecular complexity index is 791. The van der Waals surface area contributed by atoms with Crippen LogP contribution in [0.1, 0.15) is 16.7 Å². The summed E-state index contributed by atoms with van der Waals surface area (Å²) < 4.78 is 0. The SMILES string of the molecule is Cc1ccc(CN2CCN(C(=O)/C=C/c3ccc(O)cc3O)CC2)cc1. The van der Waals surface area contributed by atoms with Crippen molar-refractivity contribution in [2.45, 2.75) is 13.5 Å². The number of amides is 1. The zero-order chi connectivity index (χ0) is 18.5. The maximum absolute atomic E-state index is 12.3. The summed E-state index contributed by atoms with van der Waals surface area (Å²) >= 11 is 0. The van der Waals surface area contributed by atoms with Gasteiger partial charge in [-0.2, -0.15) is 0 Å². The molecule has 26 heavy (non-hydrogen) atoms. The first-order valence-electron chi connectivity index (χ1n) is 8.78. The predicted octanol–water partition coefficient (Wildman–Crippen LogP) is 2.76. The smallest absolute Gasteiger partial charge is 0.246 e. The zero-order valence-corrected chi connectivity index (χ0v) is 14.9. The first kappa shape index (κ1) is 18.0. The topological polar surface area (TPSA) is 64.0 Å². The molecule has 1 heterocycles. The van der Waals surface area contributed by atoms with Crippen LogP contribution in [-0.2, 0) is 11.3 Å². The van der Waals surface area contributed by atoms with E-state index < -0.39 is 0 Å². The fourth-order valence-electron chi connectivity index (χ4n) is 3.02. The van der Waals surface area contributed by atoms with Crippen molar-refractivity contribution in [2.75, 3.05) is 26.2 Å². The van der Waals surface area contributed by atoms with E-state index in [4.69, 9.17) is 0 Å². The minimum atomic E-state index is -0.0625. The van der Waals surface area contributed by atoms with Gasteiger partial charge in [0, 0.05) is 50.4 Å². The number of phenolic OH excluding ortho intramolecular Hbond substituents is 2. The number of aryl methyl sites for hydroxylation is 1. The summed E-state index contributed by atoms with van der Waals surface area (Å²) in [6.45, 7) is 6.06. The van der Waals surface area contributed by atoms with E-state index in [1.165, 1.54) is 29.3 Å². The third kappa shape index (κ3) is 4.64. The molecular formula is C21H24N2O3. The molecule has 5 nitrogen and oxygen atoms in total. The van der Waals surface area contributed by atoms with Gasteiger partial charge in [-0.1, -0.05) is 29.8 Å². The maximum Gasteiger partial charge on any atom is 0.246 e. The van der Waals surface area contributed by atoms with Gasteiger partial charge >= 0.3 is 0 Å². The molecule has 0 aromatic heterocycles. The Morgan fingerprint density at radius 3 is 2.38 bits per heavy atom. The summed E-state index contributed by atoms with van der Waals surface area (Å²) in [5.74, 6) is -0.111. The lowest BCUT2D eigenvalue weighted by atomic mass is 10.1. The van der Waals surface area contributed by atoms with Crippen LogP contribution >= 0.6 is 0 Å². The lowest BCUT2D eigenvalue weighted by Gasteiger charge is -2.34. The zero-order valence-electron chi connectivity index (χ0n) is 14.9. The molecule has 0 aliphatic carbocycles. The van der Waals surface area contributed by atoms with Crippen LogP contribution in [0.3, 0.4) is 0 Å². The fraction of sp³-hybridized carbons (Fsp3) is 0.286. The van der Waals surface area contributed by atoms with E-state index in [-0.39, 0.29) is 17.4 Å². The number of nitrogens with zero attached hydrogens (tertiary/aromatic N) is 2. The molecule has 136 valence electrons. The highest BCUT2D eigenvalue weighted by atomic mass is 16.3. The third-order valence-electron chi connectivity index (χ3n) is 4.63. The van der Waals surface area contributed by atoms with Crippen LogP contribution in [0.4, 0.5) is 0 Å². The quantitative estimate of drug-likeness (QED) is 0.831. The van der Waals surface area contributed by atoms with Gasteiger partial charge in [0.25, 0.3) is 0 Å². The van der Waals surface area contributed by atoms with Crippen LogP contribution in [0.2, 0.25) is 0 Å². The van der Waals surface area contributed by atoms with Crippen molar-refractivity contribution in [3.05, 3.63) is 65.2 Å². The first-order chi connectivity index (χ1) is 12.5. The van der Waals surface area contributed by atoms with Gasteiger partial charge in [-0.25, -0.2) is 0 Å². The van der Waals surface area contributed by atoms with Crippen LogP contribution in [0, 0.1) is 6.92 Å². The molecule has 3 rings (SSSR count). The number of carbonyl (C=O) groups excluding carboxylic acids is 1. The van der Waals surface area contributed by atoms with Crippen LogP contribution in [0.5, 0.6) is 11.5 Å². The maximum atomic E-state index is 12.3. The van der Waals surface area contributed by atoms with Gasteiger partial charge in [-0.15, -0.1) is 0 Å². The molecule has 1 aliphatic rings. The Morgan fingerprint density at radius 2 is 1.73 bits per heavy atom. The molecule has 0 radical (unpaired) electrons. The van der Waals surface area contributed by atoms with Gasteiger partial charge in [-0.05, 0) is 30.7 Å². The van der Waals surface area contributed by atoms with E-state index in [2.05, 4.69) is 36.1 Å². The Hall–Kier alpha value is -2.79. The minimum absolute atomic E-state index is 0.00400. The summed E-state index contributed by atoms with van der Waals surface area (Å²) in [5, 5.41) is 19.1. The average Bonchev–Trinajstić information content (AvgIpc) is 2.63. The van der Waals surface area contributed by atoms with E-state index in [9.17, 15) is 15.0 Å². The lowest BCUT2D eigenvalue weighted by Crippen LogP contribution is -2.47.